The van der Waals surface area contributed by atoms with Crippen LogP contribution in [-0.4, -0.2) is 6.63 Å². The molecule has 1 nitrogen and oxygen atoms in total. The monoisotopic (exact) mass is 842 g/mol. The second kappa shape index (κ2) is 13.6. The van der Waals surface area contributed by atoms with Crippen molar-refractivity contribution in [1.29, 1.82) is 0 Å². The van der Waals surface area contributed by atoms with Crippen molar-refractivity contribution in [2.45, 2.75) is 31.4 Å². The minimum absolute atomic E-state index is 0.0201. The quantitative estimate of drug-likeness (QED) is 0.151. The third-order valence-corrected chi connectivity index (χ3v) is 10.6. The van der Waals surface area contributed by atoms with E-state index < -0.39 is 354 Å². The van der Waals surface area contributed by atoms with Crippen molar-refractivity contribution in [3.05, 3.63) is 222 Å². The van der Waals surface area contributed by atoms with Gasteiger partial charge in [0.15, 0.2) is 0 Å². The average molecular weight is 842 g/mol. The lowest BCUT2D eigenvalue weighted by Gasteiger charge is -2.30. The Kier molecular flexibility index (Phi) is 2.88. The van der Waals surface area contributed by atoms with Gasteiger partial charge in [0.05, 0.1) is 53.7 Å². The van der Waals surface area contributed by atoms with E-state index in [0.29, 0.717) is 0 Å². The van der Waals surface area contributed by atoms with Crippen LogP contribution in [0.2, 0.25) is 0 Å². The van der Waals surface area contributed by atoms with Gasteiger partial charge in [0, 0.05) is 39.9 Å². The van der Waals surface area contributed by atoms with E-state index in [0.717, 1.165) is 0 Å². The highest BCUT2D eigenvalue weighted by Gasteiger charge is 2.40. The Bertz CT molecular complexity index is 5760. The van der Waals surface area contributed by atoms with Gasteiger partial charge in [-0.1, -0.05) is 183 Å². The van der Waals surface area contributed by atoms with E-state index in [1.807, 2.05) is 0 Å². The summed E-state index contributed by atoms with van der Waals surface area (Å²) in [5.41, 5.74) is -28.9. The zero-order valence-electron chi connectivity index (χ0n) is 74.8. The lowest BCUT2D eigenvalue weighted by molar-refractivity contribution is 0.379. The Morgan fingerprint density at radius 3 is 1.85 bits per heavy atom. The average Bonchev–Trinajstić information content (AvgIpc) is 1.19. The van der Waals surface area contributed by atoms with Gasteiger partial charge in [-0.15, -0.1) is 0 Å². The summed E-state index contributed by atoms with van der Waals surface area (Å²) in [6, 6.07) is -45.8. The summed E-state index contributed by atoms with van der Waals surface area (Å²) in [6.07, 6.45) is 0. The standard InChI is InChI=1S/C60H44FN/c1-59(2)52-24-12-11-22-50(52)58-51(23-14-26-54(58)59)57-44-18-7-4-15-38(44)29-33-45(57)39-27-30-41(31-28-39)62(56-35-40-16-5-6-17-43(40)46-19-8-9-21-49(46)56)42-32-34-48-47-20-10-13-25-53(47)60(3,37-61)55(48)36-42/h4-36H,37H2,1-3H3/i1D3,2D3,3D3,4D,5D,6D,7D,8D,9D,10D,11D,12D,13D,14D,15D,16D,17D,18D,19D,20D,21D,22D,23D,24D,25D,26D,27D,28D,29D,30D,31D,32D,33D,34D,35D,36D,37D2. The first kappa shape index (κ1) is 13.1. The number of benzene rings is 10. The molecule has 0 saturated heterocycles. The number of anilines is 3. The lowest BCUT2D eigenvalue weighted by atomic mass is 9.81. The molecule has 296 valence electrons. The highest BCUT2D eigenvalue weighted by Crippen LogP contribution is 2.55. The van der Waals surface area contributed by atoms with Crippen molar-refractivity contribution in [3.8, 4) is 44.5 Å². The van der Waals surface area contributed by atoms with Crippen LogP contribution in [0.1, 0.15) is 103 Å². The molecule has 0 radical (unpaired) electrons. The molecule has 10 aromatic rings. The molecule has 0 fully saturated rings. The molecular formula is C60H44FN. The largest absolute Gasteiger partial charge is 0.310 e. The molecule has 1 atom stereocenters. The van der Waals surface area contributed by atoms with Crippen molar-refractivity contribution >= 4 is 49.4 Å². The minimum Gasteiger partial charge on any atom is -0.310 e. The summed E-state index contributed by atoms with van der Waals surface area (Å²) in [4.78, 5) is 0.0201. The highest BCUT2D eigenvalue weighted by atomic mass is 19.1. The van der Waals surface area contributed by atoms with Gasteiger partial charge < -0.3 is 4.90 Å². The third-order valence-electron chi connectivity index (χ3n) is 10.6. The van der Waals surface area contributed by atoms with Crippen LogP contribution < -0.4 is 4.90 Å². The summed E-state index contributed by atoms with van der Waals surface area (Å²) < 4.78 is 426. The fourth-order valence-electron chi connectivity index (χ4n) is 7.85. The zero-order valence-corrected chi connectivity index (χ0v) is 30.8. The molecule has 0 amide bonds. The molecular weight excluding hydrogens is 754 g/mol. The van der Waals surface area contributed by atoms with Gasteiger partial charge in [-0.2, -0.15) is 0 Å². The lowest BCUT2D eigenvalue weighted by Crippen LogP contribution is -2.23. The molecule has 2 aliphatic rings. The van der Waals surface area contributed by atoms with Crippen LogP contribution in [0, 0.1) is 0 Å². The molecule has 0 bridgehead atoms. The molecule has 12 rings (SSSR count). The third kappa shape index (κ3) is 5.20. The Hall–Kier alpha value is -7.29. The summed E-state index contributed by atoms with van der Waals surface area (Å²) in [6.45, 7) is -17.6. The molecule has 0 saturated carbocycles. The fraction of sp³-hybridized carbons (Fsp3) is 0.100. The zero-order chi connectivity index (χ0) is 79.8. The van der Waals surface area contributed by atoms with Crippen molar-refractivity contribution in [1.82, 2.24) is 0 Å². The van der Waals surface area contributed by atoms with Gasteiger partial charge >= 0.3 is 0 Å². The van der Waals surface area contributed by atoms with Crippen LogP contribution in [0.5, 0.6) is 0 Å². The smallest absolute Gasteiger partial charge is 0.103 e. The first-order chi connectivity index (χ1) is 48.5. The van der Waals surface area contributed by atoms with E-state index in [4.69, 9.17) is 34.3 Å². The summed E-state index contributed by atoms with van der Waals surface area (Å²) in [5.74, 6) is 0. The molecule has 0 aromatic heterocycles. The maximum absolute atomic E-state index is 17.6. The number of nitrogens with zero attached hydrogens (tertiary/aromatic N) is 1. The molecule has 10 aromatic carbocycles. The Morgan fingerprint density at radius 2 is 1.06 bits per heavy atom. The van der Waals surface area contributed by atoms with Crippen molar-refractivity contribution in [2.24, 2.45) is 0 Å². The van der Waals surface area contributed by atoms with E-state index in [1.165, 1.54) is 0 Å². The first-order valence-electron chi connectivity index (χ1n) is 40.1. The second-order valence-electron chi connectivity index (χ2n) is 13.9. The van der Waals surface area contributed by atoms with Gasteiger partial charge in [0.1, 0.15) is 6.63 Å². The SMILES string of the molecule is [2H]c1c([2H])c([2H])c2c(c1[2H])-c1c(-c3c(-c4c([2H])c([2H])c(N(c5c([2H])c([2H])c6c(c5[2H])C(C([2H])([2H])[2H])(C([2H])([2H])F)c5c([2H])c([2H])c([2H])c([2H])c5-6)c5c([2H])c6c([2H])c([2H])c([2H])c([2H])c6c6c([2H])c([2H])c([2H])c([2H])c56)c([2H])c4[2H])c([2H])c([2H])c4c([2H])c([2H])c([2H])c([2H])c34)c([2H])c([2H])c([2H])c1C2(C([2H])([2H])[2H])C([2H])([2H])[2H]. The Balaban J connectivity index is 1.38. The van der Waals surface area contributed by atoms with Gasteiger partial charge in [-0.25, -0.2) is 4.39 Å². The van der Waals surface area contributed by atoms with Crippen molar-refractivity contribution in [3.63, 3.8) is 0 Å². The van der Waals surface area contributed by atoms with Gasteiger partial charge in [0.2, 0.25) is 0 Å². The van der Waals surface area contributed by atoms with Crippen LogP contribution in [0.4, 0.5) is 21.5 Å². The number of hydrogen-bond acceptors (Lipinski definition) is 1. The molecule has 2 heteroatoms. The molecule has 2 aliphatic carbocycles. The van der Waals surface area contributed by atoms with Crippen LogP contribution in [-0.2, 0) is 10.8 Å². The summed E-state index contributed by atoms with van der Waals surface area (Å²) >= 11 is 0. The highest BCUT2D eigenvalue weighted by molar-refractivity contribution is 6.15. The second-order valence-corrected chi connectivity index (χ2v) is 13.9. The number of halogens is 1. The number of hydrogen-bond donors (Lipinski definition) is 0. The maximum Gasteiger partial charge on any atom is 0.103 e. The van der Waals surface area contributed by atoms with Crippen LogP contribution in [0.25, 0.3) is 76.8 Å². The number of fused-ring (bicyclic) bond motifs is 10. The predicted octanol–water partition coefficient (Wildman–Crippen LogP) is 16.5. The van der Waals surface area contributed by atoms with Crippen LogP contribution in [0.3, 0.4) is 0 Å². The van der Waals surface area contributed by atoms with E-state index in [9.17, 15) is 26.0 Å². The molecule has 0 spiro atoms. The number of rotatable bonds is 6. The van der Waals surface area contributed by atoms with Crippen molar-refractivity contribution < 1.29 is 64.7 Å². The van der Waals surface area contributed by atoms with E-state index in [2.05, 4.69) is 0 Å². The van der Waals surface area contributed by atoms with E-state index in [1.54, 1.807) is 0 Å². The predicted molar refractivity (Wildman–Crippen MR) is 260 cm³/mol. The molecule has 0 aliphatic heterocycles. The first-order valence-corrected chi connectivity index (χ1v) is 18.1. The summed E-state index contributed by atoms with van der Waals surface area (Å²) in [5, 5.41) is -6.34. The normalized spacial score (nSPS) is 26.6. The topological polar surface area (TPSA) is 3.24 Å². The minimum atomic E-state index is -4.94. The number of alkyl halides is 1. The molecule has 0 N–H and O–H groups in total. The van der Waals surface area contributed by atoms with Gasteiger partial charge in [0.25, 0.3) is 0 Å². The molecule has 0 heterocycles. The van der Waals surface area contributed by atoms with Gasteiger partial charge in [-0.3, -0.25) is 0 Å². The molecule has 62 heavy (non-hydrogen) atoms. The van der Waals surface area contributed by atoms with Gasteiger partial charge in [-0.05, 0) is 131 Å². The maximum atomic E-state index is 17.6. The fourth-order valence-corrected chi connectivity index (χ4v) is 7.85. The van der Waals surface area contributed by atoms with Crippen LogP contribution in [0.15, 0.2) is 199 Å². The van der Waals surface area contributed by atoms with E-state index >= 15 is 4.39 Å². The Labute approximate surface area is 424 Å². The molecule has 1 unspecified atom stereocenters. The van der Waals surface area contributed by atoms with Crippen molar-refractivity contribution in [2.75, 3.05) is 11.5 Å². The summed E-state index contributed by atoms with van der Waals surface area (Å²) in [7, 11) is 0. The van der Waals surface area contributed by atoms with Crippen LogP contribution >= 0.6 is 0 Å². The Morgan fingerprint density at radius 1 is 0.452 bits per heavy atom. The van der Waals surface area contributed by atoms with E-state index in [-0.39, 0.29) is 4.90 Å².